The highest BCUT2D eigenvalue weighted by molar-refractivity contribution is 4.90. The normalized spacial score (nSPS) is 13.1. The molecule has 4 nitrogen and oxygen atoms in total. The van der Waals surface area contributed by atoms with Crippen LogP contribution in [0.2, 0.25) is 0 Å². The molecule has 0 saturated carbocycles. The molecular formula is C10H20N4. The van der Waals surface area contributed by atoms with E-state index in [1.807, 2.05) is 0 Å². The summed E-state index contributed by atoms with van der Waals surface area (Å²) in [6, 6.07) is 0. The van der Waals surface area contributed by atoms with E-state index in [0.717, 1.165) is 43.9 Å². The van der Waals surface area contributed by atoms with Gasteiger partial charge >= 0.3 is 0 Å². The van der Waals surface area contributed by atoms with Crippen molar-refractivity contribution in [3.63, 3.8) is 0 Å². The van der Waals surface area contributed by atoms with Gasteiger partial charge < -0.3 is 5.73 Å². The predicted octanol–water partition coefficient (Wildman–Crippen LogP) is 1.28. The minimum Gasteiger partial charge on any atom is -0.330 e. The van der Waals surface area contributed by atoms with Gasteiger partial charge in [0.05, 0.1) is 0 Å². The highest BCUT2D eigenvalue weighted by Gasteiger charge is 2.04. The first kappa shape index (κ1) is 11.2. The van der Waals surface area contributed by atoms with Crippen LogP contribution in [0.3, 0.4) is 0 Å². The first-order valence-electron chi connectivity index (χ1n) is 5.36. The van der Waals surface area contributed by atoms with Gasteiger partial charge in [0.2, 0.25) is 0 Å². The average Bonchev–Trinajstić information content (AvgIpc) is 2.63. The molecule has 1 heterocycles. The topological polar surface area (TPSA) is 67.6 Å². The average molecular weight is 196 g/mol. The Morgan fingerprint density at radius 2 is 2.21 bits per heavy atom. The van der Waals surface area contributed by atoms with Crippen LogP contribution in [0.4, 0.5) is 0 Å². The predicted molar refractivity (Wildman–Crippen MR) is 56.9 cm³/mol. The van der Waals surface area contributed by atoms with Crippen LogP contribution < -0.4 is 5.73 Å². The number of rotatable bonds is 6. The zero-order chi connectivity index (χ0) is 10.4. The highest BCUT2D eigenvalue weighted by Crippen LogP contribution is 2.09. The molecule has 1 rings (SSSR count). The molecule has 0 saturated heterocycles. The Balaban J connectivity index is 2.30. The van der Waals surface area contributed by atoms with Gasteiger partial charge in [0, 0.05) is 12.8 Å². The zero-order valence-corrected chi connectivity index (χ0v) is 9.08. The smallest absolute Gasteiger partial charge is 0.150 e. The summed E-state index contributed by atoms with van der Waals surface area (Å²) in [5.74, 6) is 2.59. The van der Waals surface area contributed by atoms with Gasteiger partial charge in [-0.05, 0) is 25.3 Å². The number of nitrogens with one attached hydrogen (secondary N) is 1. The van der Waals surface area contributed by atoms with Crippen molar-refractivity contribution < 1.29 is 0 Å². The van der Waals surface area contributed by atoms with E-state index in [2.05, 4.69) is 29.0 Å². The Kier molecular flexibility index (Phi) is 4.59. The molecule has 14 heavy (non-hydrogen) atoms. The number of hydrogen-bond donors (Lipinski definition) is 2. The van der Waals surface area contributed by atoms with E-state index in [1.54, 1.807) is 0 Å². The molecule has 1 aromatic heterocycles. The molecule has 1 aromatic rings. The molecule has 0 amide bonds. The van der Waals surface area contributed by atoms with Crippen molar-refractivity contribution in [1.29, 1.82) is 0 Å². The maximum atomic E-state index is 5.49. The minimum atomic E-state index is 0.676. The summed E-state index contributed by atoms with van der Waals surface area (Å²) in [5, 5.41) is 7.06. The van der Waals surface area contributed by atoms with Crippen molar-refractivity contribution in [2.45, 2.75) is 39.5 Å². The lowest BCUT2D eigenvalue weighted by Gasteiger charge is -2.07. The van der Waals surface area contributed by atoms with E-state index in [0.29, 0.717) is 5.92 Å². The number of hydrogen-bond acceptors (Lipinski definition) is 3. The van der Waals surface area contributed by atoms with Gasteiger partial charge in [-0.1, -0.05) is 13.8 Å². The summed E-state index contributed by atoms with van der Waals surface area (Å²) in [6.07, 6.45) is 4.10. The van der Waals surface area contributed by atoms with Crippen molar-refractivity contribution in [3.05, 3.63) is 11.6 Å². The summed E-state index contributed by atoms with van der Waals surface area (Å²) in [6.45, 7) is 5.06. The number of aromatic amines is 1. The van der Waals surface area contributed by atoms with Gasteiger partial charge in [-0.2, -0.15) is 5.10 Å². The Bertz CT molecular complexity index is 256. The van der Waals surface area contributed by atoms with Gasteiger partial charge in [0.15, 0.2) is 0 Å². The number of aromatic nitrogens is 3. The lowest BCUT2D eigenvalue weighted by molar-refractivity contribution is 0.494. The molecule has 0 aliphatic heterocycles. The van der Waals surface area contributed by atoms with Crippen molar-refractivity contribution in [1.82, 2.24) is 15.2 Å². The zero-order valence-electron chi connectivity index (χ0n) is 9.08. The number of nitrogens with zero attached hydrogens (tertiary/aromatic N) is 2. The molecule has 0 radical (unpaired) electrons. The highest BCUT2D eigenvalue weighted by atomic mass is 15.2. The Morgan fingerprint density at radius 1 is 1.43 bits per heavy atom. The van der Waals surface area contributed by atoms with Crippen molar-refractivity contribution in [2.24, 2.45) is 11.7 Å². The van der Waals surface area contributed by atoms with E-state index in [-0.39, 0.29) is 0 Å². The molecule has 0 aliphatic rings. The van der Waals surface area contributed by atoms with Crippen LogP contribution in [0, 0.1) is 5.92 Å². The van der Waals surface area contributed by atoms with Crippen LogP contribution in [-0.2, 0) is 12.8 Å². The van der Waals surface area contributed by atoms with Crippen LogP contribution in [0.1, 0.15) is 38.3 Å². The Morgan fingerprint density at radius 3 is 2.79 bits per heavy atom. The Hall–Kier alpha value is -0.900. The van der Waals surface area contributed by atoms with Crippen molar-refractivity contribution >= 4 is 0 Å². The van der Waals surface area contributed by atoms with E-state index in [4.69, 9.17) is 5.73 Å². The Labute approximate surface area is 85.3 Å². The maximum Gasteiger partial charge on any atom is 0.150 e. The van der Waals surface area contributed by atoms with E-state index < -0.39 is 0 Å². The SMILES string of the molecule is CCc1n[nH]c(CCC(C)CCN)n1. The van der Waals surface area contributed by atoms with Crippen LogP contribution in [0.25, 0.3) is 0 Å². The van der Waals surface area contributed by atoms with Crippen LogP contribution in [0.15, 0.2) is 0 Å². The fourth-order valence-corrected chi connectivity index (χ4v) is 1.42. The molecule has 1 unspecified atom stereocenters. The fourth-order valence-electron chi connectivity index (χ4n) is 1.42. The van der Waals surface area contributed by atoms with Crippen LogP contribution >= 0.6 is 0 Å². The summed E-state index contributed by atoms with van der Waals surface area (Å²) in [4.78, 5) is 4.36. The lowest BCUT2D eigenvalue weighted by atomic mass is 10.0. The van der Waals surface area contributed by atoms with Gasteiger partial charge in [-0.25, -0.2) is 4.98 Å². The van der Waals surface area contributed by atoms with Crippen LogP contribution in [-0.4, -0.2) is 21.7 Å². The van der Waals surface area contributed by atoms with Gasteiger partial charge in [-0.15, -0.1) is 0 Å². The standard InChI is InChI=1S/C10H20N4/c1-3-9-12-10(14-13-9)5-4-8(2)6-7-11/h8H,3-7,11H2,1-2H3,(H,12,13,14). The summed E-state index contributed by atoms with van der Waals surface area (Å²) < 4.78 is 0. The number of aryl methyl sites for hydroxylation is 2. The molecule has 80 valence electrons. The largest absolute Gasteiger partial charge is 0.330 e. The third-order valence-electron chi connectivity index (χ3n) is 2.43. The second kappa shape index (κ2) is 5.75. The van der Waals surface area contributed by atoms with Crippen molar-refractivity contribution in [3.8, 4) is 0 Å². The molecule has 4 heteroatoms. The second-order valence-electron chi connectivity index (χ2n) is 3.77. The molecule has 0 fully saturated rings. The van der Waals surface area contributed by atoms with Gasteiger partial charge in [0.25, 0.3) is 0 Å². The molecule has 0 spiro atoms. The summed E-state index contributed by atoms with van der Waals surface area (Å²) in [7, 11) is 0. The lowest BCUT2D eigenvalue weighted by Crippen LogP contribution is -2.07. The van der Waals surface area contributed by atoms with Crippen LogP contribution in [0.5, 0.6) is 0 Å². The quantitative estimate of drug-likeness (QED) is 0.720. The third-order valence-corrected chi connectivity index (χ3v) is 2.43. The molecule has 3 N–H and O–H groups in total. The number of nitrogens with two attached hydrogens (primary N) is 1. The van der Waals surface area contributed by atoms with E-state index in [1.165, 1.54) is 0 Å². The van der Waals surface area contributed by atoms with E-state index in [9.17, 15) is 0 Å². The molecule has 0 aliphatic carbocycles. The molecule has 1 atom stereocenters. The maximum absolute atomic E-state index is 5.49. The molecule has 0 bridgehead atoms. The number of H-pyrrole nitrogens is 1. The fraction of sp³-hybridized carbons (Fsp3) is 0.800. The molecule has 0 aromatic carbocycles. The first-order chi connectivity index (χ1) is 6.76. The molecular weight excluding hydrogens is 176 g/mol. The summed E-state index contributed by atoms with van der Waals surface area (Å²) in [5.41, 5.74) is 5.49. The summed E-state index contributed by atoms with van der Waals surface area (Å²) >= 11 is 0. The second-order valence-corrected chi connectivity index (χ2v) is 3.77. The van der Waals surface area contributed by atoms with Gasteiger partial charge in [-0.3, -0.25) is 5.10 Å². The third kappa shape index (κ3) is 3.46. The minimum absolute atomic E-state index is 0.676. The van der Waals surface area contributed by atoms with Crippen molar-refractivity contribution in [2.75, 3.05) is 6.54 Å². The van der Waals surface area contributed by atoms with E-state index >= 15 is 0 Å². The first-order valence-corrected chi connectivity index (χ1v) is 5.36. The van der Waals surface area contributed by atoms with Gasteiger partial charge in [0.1, 0.15) is 11.6 Å². The monoisotopic (exact) mass is 196 g/mol.